The largest absolute Gasteiger partial charge is 0.286 e. The smallest absolute Gasteiger partial charge is 0.175 e. The van der Waals surface area contributed by atoms with Gasteiger partial charge >= 0.3 is 0 Å². The zero-order valence-electron chi connectivity index (χ0n) is 11.1. The van der Waals surface area contributed by atoms with Crippen molar-refractivity contribution in [1.29, 1.82) is 0 Å². The molecule has 0 aromatic carbocycles. The Balaban J connectivity index is 2.46. The molecule has 0 bridgehead atoms. The number of aromatic nitrogens is 1. The van der Waals surface area contributed by atoms with Crippen LogP contribution in [0.4, 0.5) is 0 Å². The SMILES string of the molecule is CC1(C)N=C(c2cccc(CCl)n2)N(O)C1(C)C. The van der Waals surface area contributed by atoms with E-state index in [0.717, 1.165) is 5.69 Å². The zero-order valence-corrected chi connectivity index (χ0v) is 11.9. The summed E-state index contributed by atoms with van der Waals surface area (Å²) < 4.78 is 0. The van der Waals surface area contributed by atoms with E-state index < -0.39 is 5.54 Å². The first-order chi connectivity index (χ1) is 8.29. The van der Waals surface area contributed by atoms with Gasteiger partial charge in [0.05, 0.1) is 22.7 Å². The van der Waals surface area contributed by atoms with Gasteiger partial charge in [-0.2, -0.15) is 0 Å². The molecule has 2 heterocycles. The fraction of sp³-hybridized carbons (Fsp3) is 0.538. The number of rotatable bonds is 2. The van der Waals surface area contributed by atoms with Crippen LogP contribution in [-0.4, -0.2) is 32.2 Å². The number of hydrogen-bond donors (Lipinski definition) is 1. The molecular formula is C13H18ClN3O. The van der Waals surface area contributed by atoms with Crippen LogP contribution in [-0.2, 0) is 5.88 Å². The van der Waals surface area contributed by atoms with Gasteiger partial charge in [0.15, 0.2) is 5.84 Å². The Morgan fingerprint density at radius 1 is 1.28 bits per heavy atom. The molecule has 1 aliphatic rings. The minimum Gasteiger partial charge on any atom is -0.286 e. The molecule has 5 heteroatoms. The second kappa shape index (κ2) is 4.21. The number of aliphatic imine (C=N–C) groups is 1. The van der Waals surface area contributed by atoms with E-state index in [4.69, 9.17) is 11.6 Å². The molecule has 0 fully saturated rings. The number of pyridine rings is 1. The molecular weight excluding hydrogens is 250 g/mol. The fourth-order valence-corrected chi connectivity index (χ4v) is 1.97. The highest BCUT2D eigenvalue weighted by molar-refractivity contribution is 6.16. The molecule has 0 saturated carbocycles. The van der Waals surface area contributed by atoms with Gasteiger partial charge in [0.2, 0.25) is 0 Å². The number of nitrogens with zero attached hydrogens (tertiary/aromatic N) is 3. The molecule has 0 atom stereocenters. The maximum atomic E-state index is 10.3. The average molecular weight is 268 g/mol. The van der Waals surface area contributed by atoms with Gasteiger partial charge in [0.1, 0.15) is 5.69 Å². The van der Waals surface area contributed by atoms with Crippen LogP contribution in [0, 0.1) is 0 Å². The second-order valence-corrected chi connectivity index (χ2v) is 5.78. The summed E-state index contributed by atoms with van der Waals surface area (Å²) in [5, 5.41) is 11.5. The highest BCUT2D eigenvalue weighted by Gasteiger charge is 2.49. The standard InChI is InChI=1S/C13H18ClN3O/c1-12(2)13(3,4)17(18)11(16-12)10-7-5-6-9(8-14)15-10/h5-7,18H,8H2,1-4H3. The van der Waals surface area contributed by atoms with Gasteiger partial charge in [-0.15, -0.1) is 11.6 Å². The van der Waals surface area contributed by atoms with Crippen LogP contribution in [0.15, 0.2) is 23.2 Å². The Hall–Kier alpha value is -1.13. The number of halogens is 1. The van der Waals surface area contributed by atoms with E-state index in [2.05, 4.69) is 9.98 Å². The lowest BCUT2D eigenvalue weighted by Gasteiger charge is -2.36. The molecule has 0 spiro atoms. The summed E-state index contributed by atoms with van der Waals surface area (Å²) in [6.07, 6.45) is 0. The van der Waals surface area contributed by atoms with Crippen molar-refractivity contribution < 1.29 is 5.21 Å². The van der Waals surface area contributed by atoms with E-state index >= 15 is 0 Å². The molecule has 0 amide bonds. The fourth-order valence-electron chi connectivity index (χ4n) is 1.82. The topological polar surface area (TPSA) is 48.7 Å². The lowest BCUT2D eigenvalue weighted by Crippen LogP contribution is -2.51. The summed E-state index contributed by atoms with van der Waals surface area (Å²) in [6.45, 7) is 7.90. The van der Waals surface area contributed by atoms with Crippen LogP contribution in [0.1, 0.15) is 39.1 Å². The van der Waals surface area contributed by atoms with Gasteiger partial charge in [0.25, 0.3) is 0 Å². The zero-order chi connectivity index (χ0) is 13.6. The lowest BCUT2D eigenvalue weighted by molar-refractivity contribution is -0.0993. The highest BCUT2D eigenvalue weighted by Crippen LogP contribution is 2.37. The first-order valence-corrected chi connectivity index (χ1v) is 6.44. The van der Waals surface area contributed by atoms with Crippen LogP contribution in [0.2, 0.25) is 0 Å². The summed E-state index contributed by atoms with van der Waals surface area (Å²) in [4.78, 5) is 8.98. The van der Waals surface area contributed by atoms with E-state index in [1.165, 1.54) is 5.06 Å². The van der Waals surface area contributed by atoms with Crippen LogP contribution in [0.3, 0.4) is 0 Å². The van der Waals surface area contributed by atoms with Gasteiger partial charge in [-0.05, 0) is 39.8 Å². The molecule has 0 aliphatic carbocycles. The normalized spacial score (nSPS) is 21.0. The quantitative estimate of drug-likeness (QED) is 0.839. The average Bonchev–Trinajstić information content (AvgIpc) is 2.49. The third kappa shape index (κ3) is 1.89. The predicted octanol–water partition coefficient (Wildman–Crippen LogP) is 2.83. The predicted molar refractivity (Wildman–Crippen MR) is 72.1 cm³/mol. The number of hydroxylamine groups is 2. The van der Waals surface area contributed by atoms with Crippen LogP contribution in [0.5, 0.6) is 0 Å². The molecule has 98 valence electrons. The minimum absolute atomic E-state index is 0.347. The van der Waals surface area contributed by atoms with Crippen LogP contribution >= 0.6 is 11.6 Å². The van der Waals surface area contributed by atoms with Crippen molar-refractivity contribution in [3.8, 4) is 0 Å². The monoisotopic (exact) mass is 267 g/mol. The van der Waals surface area contributed by atoms with Crippen molar-refractivity contribution in [1.82, 2.24) is 10.0 Å². The molecule has 4 nitrogen and oxygen atoms in total. The Bertz CT molecular complexity index is 497. The molecule has 1 aromatic heterocycles. The summed E-state index contributed by atoms with van der Waals surface area (Å²) in [5.74, 6) is 0.844. The molecule has 0 saturated heterocycles. The van der Waals surface area contributed by atoms with Gasteiger partial charge in [0, 0.05) is 0 Å². The van der Waals surface area contributed by atoms with Crippen molar-refractivity contribution >= 4 is 17.4 Å². The molecule has 18 heavy (non-hydrogen) atoms. The van der Waals surface area contributed by atoms with E-state index in [0.29, 0.717) is 17.4 Å². The molecule has 0 radical (unpaired) electrons. The van der Waals surface area contributed by atoms with Gasteiger partial charge < -0.3 is 0 Å². The maximum Gasteiger partial charge on any atom is 0.175 e. The minimum atomic E-state index is -0.471. The van der Waals surface area contributed by atoms with Gasteiger partial charge in [-0.1, -0.05) is 6.07 Å². The third-order valence-electron chi connectivity index (χ3n) is 3.79. The van der Waals surface area contributed by atoms with E-state index in [1.54, 1.807) is 0 Å². The highest BCUT2D eigenvalue weighted by atomic mass is 35.5. The summed E-state index contributed by atoms with van der Waals surface area (Å²) in [5.41, 5.74) is 0.568. The number of alkyl halides is 1. The summed E-state index contributed by atoms with van der Waals surface area (Å²) >= 11 is 5.78. The van der Waals surface area contributed by atoms with E-state index in [1.807, 2.05) is 45.9 Å². The van der Waals surface area contributed by atoms with E-state index in [9.17, 15) is 5.21 Å². The van der Waals surface area contributed by atoms with Crippen molar-refractivity contribution in [3.63, 3.8) is 0 Å². The van der Waals surface area contributed by atoms with Crippen LogP contribution in [0.25, 0.3) is 0 Å². The van der Waals surface area contributed by atoms with Crippen LogP contribution < -0.4 is 0 Å². The Morgan fingerprint density at radius 3 is 2.44 bits per heavy atom. The van der Waals surface area contributed by atoms with Crippen molar-refractivity contribution in [3.05, 3.63) is 29.6 Å². The number of hydrogen-bond acceptors (Lipinski definition) is 4. The second-order valence-electron chi connectivity index (χ2n) is 5.51. The van der Waals surface area contributed by atoms with Gasteiger partial charge in [-0.25, -0.2) is 10.0 Å². The van der Waals surface area contributed by atoms with Crippen molar-refractivity contribution in [2.45, 2.75) is 44.7 Å². The summed E-state index contributed by atoms with van der Waals surface area (Å²) in [7, 11) is 0. The molecule has 1 aromatic rings. The molecule has 1 N–H and O–H groups in total. The first-order valence-electron chi connectivity index (χ1n) is 5.91. The summed E-state index contributed by atoms with van der Waals surface area (Å²) in [6, 6.07) is 5.55. The Morgan fingerprint density at radius 2 is 1.94 bits per heavy atom. The Kier molecular flexibility index (Phi) is 3.11. The van der Waals surface area contributed by atoms with Gasteiger partial charge in [-0.3, -0.25) is 10.2 Å². The maximum absolute atomic E-state index is 10.3. The van der Waals surface area contributed by atoms with Crippen molar-refractivity contribution in [2.24, 2.45) is 4.99 Å². The Labute approximate surface area is 112 Å². The number of amidine groups is 1. The van der Waals surface area contributed by atoms with E-state index in [-0.39, 0.29) is 5.54 Å². The molecule has 2 rings (SSSR count). The lowest BCUT2D eigenvalue weighted by atomic mass is 9.84. The van der Waals surface area contributed by atoms with Crippen molar-refractivity contribution in [2.75, 3.05) is 0 Å². The molecule has 1 aliphatic heterocycles. The first kappa shape index (κ1) is 13.3. The molecule has 0 unspecified atom stereocenters. The third-order valence-corrected chi connectivity index (χ3v) is 4.06.